The lowest BCUT2D eigenvalue weighted by atomic mass is 9.94. The van der Waals surface area contributed by atoms with Crippen LogP contribution in [-0.4, -0.2) is 11.7 Å². The molecule has 1 atom stereocenters. The fraction of sp³-hybridized carbons (Fsp3) is 0.200. The summed E-state index contributed by atoms with van der Waals surface area (Å²) in [4.78, 5) is 9.79. The first-order valence-electron chi connectivity index (χ1n) is 10.3. The molecule has 3 aromatic carbocycles. The first-order chi connectivity index (χ1) is 14.2. The third-order valence-corrected chi connectivity index (χ3v) is 5.93. The van der Waals surface area contributed by atoms with Crippen molar-refractivity contribution in [1.82, 2.24) is 5.32 Å². The van der Waals surface area contributed by atoms with E-state index < -0.39 is 0 Å². The Bertz CT molecular complexity index is 1340. The molecule has 0 saturated carbocycles. The molecular weight excluding hydrogens is 356 g/mol. The Morgan fingerprint density at radius 1 is 0.862 bits per heavy atom. The van der Waals surface area contributed by atoms with Crippen LogP contribution >= 0.6 is 0 Å². The zero-order chi connectivity index (χ0) is 19.4. The smallest absolute Gasteiger partial charge is 0.107 e. The second kappa shape index (κ2) is 6.31. The minimum atomic E-state index is 0.543. The quantitative estimate of drug-likeness (QED) is 0.712. The molecule has 6 rings (SSSR count). The predicted molar refractivity (Wildman–Crippen MR) is 121 cm³/mol. The number of rotatable bonds is 3. The van der Waals surface area contributed by atoms with Gasteiger partial charge >= 0.3 is 0 Å². The van der Waals surface area contributed by atoms with Crippen LogP contribution in [0.1, 0.15) is 26.2 Å². The Balaban J connectivity index is 1.28. The number of amidine groups is 2. The highest BCUT2D eigenvalue weighted by atomic mass is 15.0. The van der Waals surface area contributed by atoms with Gasteiger partial charge in [-0.3, -0.25) is 0 Å². The highest BCUT2D eigenvalue weighted by molar-refractivity contribution is 6.14. The van der Waals surface area contributed by atoms with Gasteiger partial charge in [0.15, 0.2) is 0 Å². The van der Waals surface area contributed by atoms with Crippen molar-refractivity contribution in [2.45, 2.75) is 26.2 Å². The highest BCUT2D eigenvalue weighted by Crippen LogP contribution is 2.36. The Kier molecular flexibility index (Phi) is 3.60. The van der Waals surface area contributed by atoms with Crippen LogP contribution in [0, 0.1) is 5.92 Å². The lowest BCUT2D eigenvalue weighted by molar-refractivity contribution is 0.761. The predicted octanol–water partition coefficient (Wildman–Crippen LogP) is 4.34. The van der Waals surface area contributed by atoms with Crippen molar-refractivity contribution < 1.29 is 0 Å². The van der Waals surface area contributed by atoms with Crippen molar-refractivity contribution in [2.24, 2.45) is 15.9 Å². The zero-order valence-electron chi connectivity index (χ0n) is 16.4. The summed E-state index contributed by atoms with van der Waals surface area (Å²) in [5.74, 6) is 2.57. The number of benzene rings is 3. The van der Waals surface area contributed by atoms with Gasteiger partial charge in [0.1, 0.15) is 11.7 Å². The lowest BCUT2D eigenvalue weighted by Gasteiger charge is -2.24. The largest absolute Gasteiger partial charge is 0.347 e. The molecule has 2 heterocycles. The van der Waals surface area contributed by atoms with E-state index in [0.717, 1.165) is 48.0 Å². The molecular formula is C25H22N4. The Morgan fingerprint density at radius 3 is 2.48 bits per heavy atom. The molecule has 3 aromatic rings. The first-order valence-corrected chi connectivity index (χ1v) is 10.3. The monoisotopic (exact) mass is 378 g/mol. The van der Waals surface area contributed by atoms with E-state index in [1.807, 2.05) is 0 Å². The first kappa shape index (κ1) is 16.5. The van der Waals surface area contributed by atoms with E-state index in [0.29, 0.717) is 5.92 Å². The molecule has 4 nitrogen and oxygen atoms in total. The van der Waals surface area contributed by atoms with Gasteiger partial charge in [0.05, 0.1) is 11.4 Å². The van der Waals surface area contributed by atoms with E-state index in [1.165, 1.54) is 26.9 Å². The molecule has 0 saturated heterocycles. The lowest BCUT2D eigenvalue weighted by Crippen LogP contribution is -2.41. The van der Waals surface area contributed by atoms with Gasteiger partial charge in [0.2, 0.25) is 0 Å². The Morgan fingerprint density at radius 2 is 1.59 bits per heavy atom. The molecule has 1 unspecified atom stereocenters. The van der Waals surface area contributed by atoms with Crippen molar-refractivity contribution in [1.29, 1.82) is 0 Å². The second-order valence-electron chi connectivity index (χ2n) is 8.12. The number of aliphatic imine (C=N–C) groups is 2. The summed E-state index contributed by atoms with van der Waals surface area (Å²) >= 11 is 0. The van der Waals surface area contributed by atoms with Crippen LogP contribution in [0.2, 0.25) is 0 Å². The summed E-state index contributed by atoms with van der Waals surface area (Å²) in [7, 11) is 0. The molecule has 0 fully saturated rings. The maximum atomic E-state index is 4.91. The standard InChI is InChI=1S/C25H22N4/c1-15-13-17-7-4-10-20-25(17)21(14-15)29-23(28-20)12-11-22-26-18-8-2-5-16-6-3-9-19(27-22)24(16)18/h2-10,13,15H,11-12,14H2,1H3,(H,26,27)(H,28,29). The van der Waals surface area contributed by atoms with Crippen molar-refractivity contribution >= 4 is 51.3 Å². The minimum Gasteiger partial charge on any atom is -0.347 e. The number of anilines is 1. The Labute approximate surface area is 169 Å². The molecule has 0 amide bonds. The third-order valence-electron chi connectivity index (χ3n) is 5.93. The molecule has 0 aromatic heterocycles. The van der Waals surface area contributed by atoms with Crippen LogP contribution in [-0.2, 0) is 0 Å². The molecule has 2 N–H and O–H groups in total. The molecule has 142 valence electrons. The van der Waals surface area contributed by atoms with E-state index in [9.17, 15) is 0 Å². The average Bonchev–Trinajstić information content (AvgIpc) is 2.72. The molecule has 0 spiro atoms. The maximum Gasteiger partial charge on any atom is 0.107 e. The summed E-state index contributed by atoms with van der Waals surface area (Å²) in [6.07, 6.45) is 5.04. The van der Waals surface area contributed by atoms with Crippen LogP contribution in [0.5, 0.6) is 0 Å². The molecule has 4 heteroatoms. The van der Waals surface area contributed by atoms with Crippen LogP contribution in [0.4, 0.5) is 17.1 Å². The number of nitrogens with one attached hydrogen (secondary N) is 2. The third kappa shape index (κ3) is 2.75. The second-order valence-corrected chi connectivity index (χ2v) is 8.12. The molecule has 29 heavy (non-hydrogen) atoms. The van der Waals surface area contributed by atoms with E-state index in [4.69, 9.17) is 9.98 Å². The van der Waals surface area contributed by atoms with Crippen molar-refractivity contribution in [3.8, 4) is 0 Å². The molecule has 1 aliphatic carbocycles. The number of hydrogen-bond donors (Lipinski definition) is 2. The van der Waals surface area contributed by atoms with Crippen LogP contribution in [0.3, 0.4) is 0 Å². The Hall–Kier alpha value is -3.40. The summed E-state index contributed by atoms with van der Waals surface area (Å²) in [5, 5.41) is 12.2. The maximum absolute atomic E-state index is 4.91. The molecule has 0 bridgehead atoms. The van der Waals surface area contributed by atoms with Gasteiger partial charge in [-0.1, -0.05) is 49.4 Å². The van der Waals surface area contributed by atoms with Crippen LogP contribution in [0.15, 0.2) is 64.6 Å². The van der Waals surface area contributed by atoms with Gasteiger partial charge in [-0.15, -0.1) is 0 Å². The topological polar surface area (TPSA) is 48.8 Å². The summed E-state index contributed by atoms with van der Waals surface area (Å²) in [5.41, 5.74) is 4.58. The van der Waals surface area contributed by atoms with Crippen LogP contribution < -0.4 is 21.1 Å². The van der Waals surface area contributed by atoms with Crippen LogP contribution in [0.25, 0.3) is 22.5 Å². The molecule has 3 aliphatic rings. The van der Waals surface area contributed by atoms with Gasteiger partial charge in [-0.05, 0) is 41.1 Å². The summed E-state index contributed by atoms with van der Waals surface area (Å²) in [6, 6.07) is 19.1. The van der Waals surface area contributed by atoms with Gasteiger partial charge in [0.25, 0.3) is 0 Å². The summed E-state index contributed by atoms with van der Waals surface area (Å²) in [6.45, 7) is 2.27. The van der Waals surface area contributed by atoms with Crippen molar-refractivity contribution in [3.05, 3.63) is 65.0 Å². The van der Waals surface area contributed by atoms with E-state index in [-0.39, 0.29) is 0 Å². The van der Waals surface area contributed by atoms with Crippen molar-refractivity contribution in [2.75, 3.05) is 5.32 Å². The zero-order valence-corrected chi connectivity index (χ0v) is 16.4. The van der Waals surface area contributed by atoms with Gasteiger partial charge in [0, 0.05) is 34.8 Å². The molecule has 2 aliphatic heterocycles. The molecule has 0 radical (unpaired) electrons. The van der Waals surface area contributed by atoms with E-state index >= 15 is 0 Å². The fourth-order valence-corrected chi connectivity index (χ4v) is 4.69. The van der Waals surface area contributed by atoms with E-state index in [2.05, 4.69) is 78.2 Å². The number of nitrogens with zero attached hydrogens (tertiary/aromatic N) is 2. The summed E-state index contributed by atoms with van der Waals surface area (Å²) < 4.78 is 0. The number of hydrogen-bond acceptors (Lipinski definition) is 4. The van der Waals surface area contributed by atoms with Gasteiger partial charge in [-0.25, -0.2) is 9.98 Å². The van der Waals surface area contributed by atoms with Gasteiger partial charge < -0.3 is 10.6 Å². The normalized spacial score (nSPS) is 18.8. The van der Waals surface area contributed by atoms with Crippen molar-refractivity contribution in [3.63, 3.8) is 0 Å². The highest BCUT2D eigenvalue weighted by Gasteiger charge is 2.19. The average molecular weight is 378 g/mol. The SMILES string of the molecule is CC1C=c2cccc3c2=C(C1)NC(CCC1=Nc2cccc4cccc(c24)N1)=N3. The van der Waals surface area contributed by atoms with E-state index in [1.54, 1.807) is 0 Å². The van der Waals surface area contributed by atoms with Gasteiger partial charge in [-0.2, -0.15) is 0 Å². The fourth-order valence-electron chi connectivity index (χ4n) is 4.69. The minimum absolute atomic E-state index is 0.543.